The van der Waals surface area contributed by atoms with Gasteiger partial charge in [-0.15, -0.1) is 0 Å². The smallest absolute Gasteiger partial charge is 0.569 e. The zero-order valence-corrected chi connectivity index (χ0v) is 14.8. The Kier molecular flexibility index (Phi) is 3.76. The molecule has 4 aromatic rings. The van der Waals surface area contributed by atoms with Crippen LogP contribution in [0.1, 0.15) is 15.5 Å². The molecule has 0 aliphatic carbocycles. The summed E-state index contributed by atoms with van der Waals surface area (Å²) in [6, 6.07) is 26.6. The van der Waals surface area contributed by atoms with Gasteiger partial charge in [0.1, 0.15) is 0 Å². The molecule has 4 aromatic carbocycles. The molecule has 0 unspecified atom stereocenters. The first-order chi connectivity index (χ1) is 13.6. The largest absolute Gasteiger partial charge is 0.995 e. The normalized spacial score (nSPS) is 15.8. The van der Waals surface area contributed by atoms with E-state index in [2.05, 4.69) is 18.2 Å². The van der Waals surface area contributed by atoms with E-state index >= 15 is 0 Å². The second-order valence-corrected chi connectivity index (χ2v) is 6.77. The first kappa shape index (κ1) is 16.7. The molecule has 0 radical (unpaired) electrons. The molecule has 2 nitrogen and oxygen atoms in total. The highest BCUT2D eigenvalue weighted by Crippen LogP contribution is 2.30. The summed E-state index contributed by atoms with van der Waals surface area (Å²) in [5, 5.41) is 4.24. The Balaban J connectivity index is 1.64. The van der Waals surface area contributed by atoms with Crippen molar-refractivity contribution in [3.63, 3.8) is 0 Å². The van der Waals surface area contributed by atoms with Crippen molar-refractivity contribution in [2.75, 3.05) is 0 Å². The van der Waals surface area contributed by atoms with Crippen LogP contribution in [-0.4, -0.2) is 12.9 Å². The van der Waals surface area contributed by atoms with Crippen molar-refractivity contribution in [2.24, 2.45) is 0 Å². The fourth-order valence-corrected chi connectivity index (χ4v) is 3.51. The molecule has 0 fully saturated rings. The van der Waals surface area contributed by atoms with Crippen molar-refractivity contribution >= 4 is 40.2 Å². The average Bonchev–Trinajstić information content (AvgIpc) is 2.71. The Bertz CT molecular complexity index is 1260. The van der Waals surface area contributed by atoms with Crippen LogP contribution in [0.4, 0.5) is 8.63 Å². The minimum Gasteiger partial charge on any atom is -0.569 e. The predicted octanol–water partition coefficient (Wildman–Crippen LogP) is 6.16. The Morgan fingerprint density at radius 3 is 2.04 bits per heavy atom. The van der Waals surface area contributed by atoms with E-state index in [0.29, 0.717) is 11.1 Å². The molecule has 1 aliphatic heterocycles. The average molecular weight is 372 g/mol. The summed E-state index contributed by atoms with van der Waals surface area (Å²) in [7, 11) is -4.44. The van der Waals surface area contributed by atoms with Crippen LogP contribution in [0.5, 0.6) is 0 Å². The van der Waals surface area contributed by atoms with Crippen molar-refractivity contribution < 1.29 is 17.6 Å². The molecule has 0 N–H and O–H groups in total. The molecule has 5 rings (SSSR count). The summed E-state index contributed by atoms with van der Waals surface area (Å²) in [6.45, 7) is 0. The van der Waals surface area contributed by atoms with E-state index in [4.69, 9.17) is 9.00 Å². The lowest BCUT2D eigenvalue weighted by Crippen LogP contribution is -2.30. The van der Waals surface area contributed by atoms with Gasteiger partial charge in [-0.05, 0) is 45.8 Å². The first-order valence-corrected chi connectivity index (χ1v) is 9.02. The van der Waals surface area contributed by atoms with Crippen LogP contribution in [-0.2, 0) is 4.65 Å². The van der Waals surface area contributed by atoms with Gasteiger partial charge in [-0.25, -0.2) is 0 Å². The summed E-state index contributed by atoms with van der Waals surface area (Å²) in [4.78, 5) is 0. The van der Waals surface area contributed by atoms with Crippen molar-refractivity contribution in [3.8, 4) is 0 Å². The lowest BCUT2D eigenvalue weighted by molar-refractivity contribution is -0.183. The number of allylic oxidation sites excluding steroid dienone is 1. The molecule has 1 aliphatic rings. The second kappa shape index (κ2) is 6.31. The Labute approximate surface area is 160 Å². The van der Waals surface area contributed by atoms with Crippen LogP contribution >= 0.6 is 0 Å². The SMILES string of the molecule is F[B-]1(F)OC(c2ccccc2)=CC(c2ccc3cc4ccccc4cc3c2)=[O+]1. The number of hydrogen-bond acceptors (Lipinski definition) is 1. The fourth-order valence-electron chi connectivity index (χ4n) is 3.51. The molecule has 0 amide bonds. The van der Waals surface area contributed by atoms with Crippen molar-refractivity contribution in [1.29, 1.82) is 0 Å². The topological polar surface area (TPSA) is 20.5 Å². The summed E-state index contributed by atoms with van der Waals surface area (Å²) in [5.74, 6) is 0.204. The molecular weight excluding hydrogens is 357 g/mol. The molecule has 0 bridgehead atoms. The zero-order chi connectivity index (χ0) is 19.1. The molecule has 5 heteroatoms. The highest BCUT2D eigenvalue weighted by molar-refractivity contribution is 6.52. The van der Waals surface area contributed by atoms with Crippen LogP contribution in [0.25, 0.3) is 27.3 Å². The third-order valence-corrected chi connectivity index (χ3v) is 4.84. The van der Waals surface area contributed by atoms with Crippen LogP contribution in [0.3, 0.4) is 0 Å². The highest BCUT2D eigenvalue weighted by atomic mass is 19.3. The Hall–Kier alpha value is -3.47. The number of benzene rings is 4. The van der Waals surface area contributed by atoms with Gasteiger partial charge >= 0.3 is 7.11 Å². The fraction of sp³-hybridized carbons (Fsp3) is 0. The highest BCUT2D eigenvalue weighted by Gasteiger charge is 2.53. The molecule has 28 heavy (non-hydrogen) atoms. The Morgan fingerprint density at radius 2 is 1.29 bits per heavy atom. The molecule has 0 saturated heterocycles. The lowest BCUT2D eigenvalue weighted by atomic mass is 9.98. The number of rotatable bonds is 2. The number of fused-ring (bicyclic) bond motifs is 2. The number of ketones is 1. The first-order valence-electron chi connectivity index (χ1n) is 9.02. The molecule has 0 saturated carbocycles. The number of hydrogen-bond donors (Lipinski definition) is 0. The van der Waals surface area contributed by atoms with Gasteiger partial charge in [0, 0.05) is 5.56 Å². The van der Waals surface area contributed by atoms with Gasteiger partial charge in [-0.3, -0.25) is 0 Å². The van der Waals surface area contributed by atoms with E-state index < -0.39 is 7.11 Å². The van der Waals surface area contributed by atoms with Crippen LogP contribution in [0, 0.1) is 0 Å². The second-order valence-electron chi connectivity index (χ2n) is 6.77. The van der Waals surface area contributed by atoms with Gasteiger partial charge < -0.3 is 17.6 Å². The summed E-state index contributed by atoms with van der Waals surface area (Å²) < 4.78 is 38.0. The molecule has 136 valence electrons. The summed E-state index contributed by atoms with van der Waals surface area (Å²) in [5.41, 5.74) is 1.16. The van der Waals surface area contributed by atoms with Gasteiger partial charge in [0.2, 0.25) is 0 Å². The van der Waals surface area contributed by atoms with Crippen LogP contribution in [0.15, 0.2) is 91.0 Å². The van der Waals surface area contributed by atoms with Gasteiger partial charge in [-0.1, -0.05) is 60.7 Å². The quantitative estimate of drug-likeness (QED) is 0.235. The zero-order valence-electron chi connectivity index (χ0n) is 14.8. The van der Waals surface area contributed by atoms with Crippen molar-refractivity contribution in [2.45, 2.75) is 0 Å². The van der Waals surface area contributed by atoms with E-state index in [1.165, 1.54) is 6.08 Å². The number of halogens is 2. The molecule has 1 heterocycles. The molecule has 0 spiro atoms. The van der Waals surface area contributed by atoms with Gasteiger partial charge in [0.15, 0.2) is 0 Å². The minimum absolute atomic E-state index is 0.102. The monoisotopic (exact) mass is 372 g/mol. The van der Waals surface area contributed by atoms with Gasteiger partial charge in [0.25, 0.3) is 5.78 Å². The van der Waals surface area contributed by atoms with E-state index in [1.54, 1.807) is 30.3 Å². The summed E-state index contributed by atoms with van der Waals surface area (Å²) in [6.07, 6.45) is 1.52. The molecule has 0 atom stereocenters. The van der Waals surface area contributed by atoms with Gasteiger partial charge in [-0.2, -0.15) is 0 Å². The Morgan fingerprint density at radius 1 is 0.643 bits per heavy atom. The van der Waals surface area contributed by atoms with E-state index in [0.717, 1.165) is 21.5 Å². The standard InChI is InChI=1S/C23H15BF2O2/c25-24(26)27-22(16-6-2-1-3-7-16)15-23(28-24)20-11-10-19-12-17-8-4-5-9-18(17)13-21(19)14-20/h1-15H. The van der Waals surface area contributed by atoms with Crippen LogP contribution < -0.4 is 0 Å². The van der Waals surface area contributed by atoms with Crippen molar-refractivity contribution in [1.82, 2.24) is 0 Å². The molecule has 0 aromatic heterocycles. The third-order valence-electron chi connectivity index (χ3n) is 4.84. The van der Waals surface area contributed by atoms with E-state index in [-0.39, 0.29) is 11.5 Å². The lowest BCUT2D eigenvalue weighted by Gasteiger charge is -2.20. The van der Waals surface area contributed by atoms with Crippen LogP contribution in [0.2, 0.25) is 0 Å². The van der Waals surface area contributed by atoms with E-state index in [1.807, 2.05) is 36.4 Å². The maximum atomic E-state index is 14.2. The minimum atomic E-state index is -4.44. The maximum Gasteiger partial charge on any atom is 0.995 e. The van der Waals surface area contributed by atoms with E-state index in [9.17, 15) is 8.63 Å². The number of carbonyl (C=O) groups excluding carboxylic acids is 1. The third kappa shape index (κ3) is 3.05. The van der Waals surface area contributed by atoms with Crippen molar-refractivity contribution in [3.05, 3.63) is 102 Å². The maximum absolute atomic E-state index is 14.2. The predicted molar refractivity (Wildman–Crippen MR) is 109 cm³/mol. The summed E-state index contributed by atoms with van der Waals surface area (Å²) >= 11 is 0. The van der Waals surface area contributed by atoms with Gasteiger partial charge in [0.05, 0.1) is 17.4 Å². The molecular formula is C23H15BF2O2.